The van der Waals surface area contributed by atoms with Crippen LogP contribution in [0.4, 0.5) is 0 Å². The van der Waals surface area contributed by atoms with E-state index in [1.54, 1.807) is 12.2 Å². The zero-order valence-corrected chi connectivity index (χ0v) is 18.1. The summed E-state index contributed by atoms with van der Waals surface area (Å²) in [5.74, 6) is -1.06. The van der Waals surface area contributed by atoms with Gasteiger partial charge < -0.3 is 0 Å². The van der Waals surface area contributed by atoms with Crippen molar-refractivity contribution in [3.63, 3.8) is 0 Å². The molecule has 2 aromatic rings. The molecule has 0 saturated carbocycles. The maximum atomic E-state index is 11.6. The Morgan fingerprint density at radius 1 is 0.714 bits per heavy atom. The molecule has 0 saturated heterocycles. The Morgan fingerprint density at radius 3 is 1.50 bits per heavy atom. The van der Waals surface area contributed by atoms with Gasteiger partial charge in [-0.2, -0.15) is 0 Å². The Morgan fingerprint density at radius 2 is 1.11 bits per heavy atom. The third-order valence-corrected chi connectivity index (χ3v) is 8.70. The van der Waals surface area contributed by atoms with Gasteiger partial charge in [0.15, 0.2) is 0 Å². The molecular weight excluding hydrogens is 482 g/mol. The molecule has 4 rings (SSSR count). The van der Waals surface area contributed by atoms with Crippen molar-refractivity contribution in [1.29, 1.82) is 10.5 Å². The van der Waals surface area contributed by atoms with E-state index in [-0.39, 0.29) is 0 Å². The molecule has 2 aromatic carbocycles. The molecule has 0 fully saturated rings. The van der Waals surface area contributed by atoms with Gasteiger partial charge in [-0.05, 0) is 0 Å². The first-order chi connectivity index (χ1) is 13.5. The van der Waals surface area contributed by atoms with E-state index in [0.29, 0.717) is 0 Å². The van der Waals surface area contributed by atoms with Gasteiger partial charge in [-0.1, -0.05) is 0 Å². The normalized spacial score (nSPS) is 30.0. The average Bonchev–Trinajstić information content (AvgIpc) is 2.69. The van der Waals surface area contributed by atoms with Gasteiger partial charge in [0, 0.05) is 0 Å². The SMILES string of the molecule is N#C[Se]C1(O)C=Cc2ccccc2C1C1c2ccccc2C=CC1(O)[Se]C#N. The van der Waals surface area contributed by atoms with Crippen LogP contribution >= 0.6 is 0 Å². The molecule has 2 aliphatic rings. The van der Waals surface area contributed by atoms with Gasteiger partial charge in [-0.3, -0.25) is 0 Å². The second-order valence-corrected chi connectivity index (χ2v) is 11.1. The molecule has 4 unspecified atom stereocenters. The molecule has 0 bridgehead atoms. The first kappa shape index (κ1) is 19.2. The van der Waals surface area contributed by atoms with Crippen molar-refractivity contribution in [2.24, 2.45) is 0 Å². The van der Waals surface area contributed by atoms with Gasteiger partial charge in [0.2, 0.25) is 0 Å². The molecule has 4 atom stereocenters. The van der Waals surface area contributed by atoms with Crippen LogP contribution in [-0.2, 0) is 0 Å². The molecule has 138 valence electrons. The molecular formula is C22H16N2O2Se2. The maximum absolute atomic E-state index is 11.6. The standard InChI is InChI=1S/C22H16N2O2Se2/c23-13-27-21(25)11-9-15-5-1-3-7-17(15)19(21)20-18-8-4-2-6-16(18)10-12-22(20,26)28-14-24/h1-12,19-20,25-26H. The van der Waals surface area contributed by atoms with Crippen LogP contribution in [0.2, 0.25) is 0 Å². The van der Waals surface area contributed by atoms with Gasteiger partial charge >= 0.3 is 177 Å². The third kappa shape index (κ3) is 3.06. The molecule has 0 heterocycles. The second kappa shape index (κ2) is 7.36. The van der Waals surface area contributed by atoms with Gasteiger partial charge in [0.25, 0.3) is 0 Å². The summed E-state index contributed by atoms with van der Waals surface area (Å²) in [6.07, 6.45) is 7.10. The van der Waals surface area contributed by atoms with Crippen LogP contribution in [0.15, 0.2) is 60.7 Å². The molecule has 0 radical (unpaired) electrons. The van der Waals surface area contributed by atoms with E-state index in [4.69, 9.17) is 0 Å². The molecule has 4 nitrogen and oxygen atoms in total. The van der Waals surface area contributed by atoms with Crippen molar-refractivity contribution in [2.45, 2.75) is 20.8 Å². The van der Waals surface area contributed by atoms with Crippen LogP contribution in [0.1, 0.15) is 34.1 Å². The molecule has 0 spiro atoms. The van der Waals surface area contributed by atoms with Crippen LogP contribution in [0, 0.1) is 20.5 Å². The molecule has 0 aliphatic heterocycles. The Balaban J connectivity index is 1.99. The predicted molar refractivity (Wildman–Crippen MR) is 109 cm³/mol. The molecule has 6 heteroatoms. The molecule has 28 heavy (non-hydrogen) atoms. The fraction of sp³-hybridized carbons (Fsp3) is 0.182. The fourth-order valence-electron chi connectivity index (χ4n) is 4.14. The zero-order chi connectivity index (χ0) is 19.8. The van der Waals surface area contributed by atoms with Crippen molar-refractivity contribution in [3.8, 4) is 9.94 Å². The fourth-order valence-corrected chi connectivity index (χ4v) is 6.96. The van der Waals surface area contributed by atoms with E-state index in [9.17, 15) is 20.7 Å². The van der Waals surface area contributed by atoms with Gasteiger partial charge in [0.05, 0.1) is 0 Å². The summed E-state index contributed by atoms with van der Waals surface area (Å²) in [4.78, 5) is 4.33. The molecule has 0 aromatic heterocycles. The molecule has 2 aliphatic carbocycles. The van der Waals surface area contributed by atoms with Crippen LogP contribution < -0.4 is 0 Å². The summed E-state index contributed by atoms with van der Waals surface area (Å²) in [6.45, 7) is 0. The number of rotatable bonds is 3. The summed E-state index contributed by atoms with van der Waals surface area (Å²) in [6, 6.07) is 15.5. The number of hydrogen-bond donors (Lipinski definition) is 2. The third-order valence-electron chi connectivity index (χ3n) is 5.31. The Bertz CT molecular complexity index is 983. The number of fused-ring (bicyclic) bond motifs is 2. The van der Waals surface area contributed by atoms with Crippen LogP contribution in [0.3, 0.4) is 0 Å². The summed E-state index contributed by atoms with van der Waals surface area (Å²) in [7, 11) is 0. The van der Waals surface area contributed by atoms with Gasteiger partial charge in [-0.25, -0.2) is 0 Å². The summed E-state index contributed by atoms with van der Waals surface area (Å²) >= 11 is -1.50. The van der Waals surface area contributed by atoms with E-state index in [2.05, 4.69) is 9.94 Å². The monoisotopic (exact) mass is 500 g/mol. The first-order valence-electron chi connectivity index (χ1n) is 8.68. The van der Waals surface area contributed by atoms with E-state index in [0.717, 1.165) is 22.3 Å². The summed E-state index contributed by atoms with van der Waals surface area (Å²) < 4.78 is -2.75. The van der Waals surface area contributed by atoms with Crippen molar-refractivity contribution < 1.29 is 10.2 Å². The van der Waals surface area contributed by atoms with Crippen LogP contribution in [0.25, 0.3) is 12.2 Å². The number of nitriles is 2. The number of nitrogens with zero attached hydrogens (tertiary/aromatic N) is 2. The average molecular weight is 498 g/mol. The quantitative estimate of drug-likeness (QED) is 0.637. The summed E-state index contributed by atoms with van der Waals surface area (Å²) in [5, 5.41) is 42.0. The topological polar surface area (TPSA) is 88.0 Å². The Labute approximate surface area is 176 Å². The van der Waals surface area contributed by atoms with Gasteiger partial charge in [0.1, 0.15) is 0 Å². The van der Waals surface area contributed by atoms with Crippen molar-refractivity contribution in [2.75, 3.05) is 0 Å². The zero-order valence-electron chi connectivity index (χ0n) is 14.7. The van der Waals surface area contributed by atoms with E-state index < -0.39 is 50.7 Å². The Hall–Kier alpha value is -2.14. The van der Waals surface area contributed by atoms with Crippen molar-refractivity contribution in [1.82, 2.24) is 0 Å². The minimum atomic E-state index is -1.38. The van der Waals surface area contributed by atoms with Crippen molar-refractivity contribution >= 4 is 42.1 Å². The minimum absolute atomic E-state index is 0.528. The van der Waals surface area contributed by atoms with E-state index >= 15 is 0 Å². The second-order valence-electron chi connectivity index (χ2n) is 6.77. The predicted octanol–water partition coefficient (Wildman–Crippen LogP) is 2.36. The number of benzene rings is 2. The van der Waals surface area contributed by atoms with Gasteiger partial charge in [-0.15, -0.1) is 0 Å². The van der Waals surface area contributed by atoms with E-state index in [1.807, 2.05) is 60.7 Å². The summed E-state index contributed by atoms with van der Waals surface area (Å²) in [5.41, 5.74) is 3.72. The first-order valence-corrected chi connectivity index (χ1v) is 12.1. The number of aliphatic hydroxyl groups is 2. The molecule has 0 amide bonds. The number of hydrogen-bond acceptors (Lipinski definition) is 4. The van der Waals surface area contributed by atoms with Crippen LogP contribution in [-0.4, -0.2) is 49.1 Å². The van der Waals surface area contributed by atoms with E-state index in [1.165, 1.54) is 0 Å². The van der Waals surface area contributed by atoms with Crippen molar-refractivity contribution in [3.05, 3.63) is 82.9 Å². The van der Waals surface area contributed by atoms with Crippen LogP contribution in [0.5, 0.6) is 0 Å². The molecule has 2 N–H and O–H groups in total. The Kier molecular flexibility index (Phi) is 5.04.